The van der Waals surface area contributed by atoms with Crippen LogP contribution in [0.2, 0.25) is 20.1 Å². The molecule has 0 bridgehead atoms. The molecule has 0 aliphatic heterocycles. The molecular weight excluding hydrogens is 482 g/mol. The van der Waals surface area contributed by atoms with E-state index in [1.54, 1.807) is 0 Å². The average Bonchev–Trinajstić information content (AvgIpc) is 2.61. The van der Waals surface area contributed by atoms with E-state index in [2.05, 4.69) is 0 Å². The first-order valence-corrected chi connectivity index (χ1v) is 10.8. The molecule has 5 nitrogen and oxygen atoms in total. The standard InChI is InChI=1S/C19H12Cl4O5S/c20-11-3-1-2-10(6-11)19(29(26,27)28,14-7-12(21)4-5-17(14)25)15-8-13(24)9-16(22)18(15)23/h1-9,24-25H,(H,26,27,28). The molecule has 10 heteroatoms. The molecule has 0 radical (unpaired) electrons. The van der Waals surface area contributed by atoms with Crippen LogP contribution in [-0.2, 0) is 14.9 Å². The molecule has 1 unspecified atom stereocenters. The van der Waals surface area contributed by atoms with Crippen LogP contribution in [0.4, 0.5) is 0 Å². The summed E-state index contributed by atoms with van der Waals surface area (Å²) in [5.41, 5.74) is -0.668. The Morgan fingerprint density at radius 1 is 0.793 bits per heavy atom. The van der Waals surface area contributed by atoms with E-state index in [1.807, 2.05) is 0 Å². The second-order valence-corrected chi connectivity index (χ2v) is 9.34. The molecule has 0 aromatic heterocycles. The highest BCUT2D eigenvalue weighted by Gasteiger charge is 2.52. The van der Waals surface area contributed by atoms with E-state index in [-0.39, 0.29) is 36.8 Å². The first-order chi connectivity index (χ1) is 13.5. The molecule has 0 amide bonds. The lowest BCUT2D eigenvalue weighted by Gasteiger charge is -2.34. The lowest BCUT2D eigenvalue weighted by atomic mass is 9.83. The number of benzene rings is 3. The summed E-state index contributed by atoms with van der Waals surface area (Å²) in [5, 5.41) is 20.4. The summed E-state index contributed by atoms with van der Waals surface area (Å²) in [7, 11) is -5.13. The molecule has 3 N–H and O–H groups in total. The van der Waals surface area contributed by atoms with E-state index in [9.17, 15) is 23.2 Å². The number of hydrogen-bond acceptors (Lipinski definition) is 4. The fraction of sp³-hybridized carbons (Fsp3) is 0.0526. The van der Waals surface area contributed by atoms with Gasteiger partial charge in [-0.15, -0.1) is 0 Å². The monoisotopic (exact) mass is 492 g/mol. The van der Waals surface area contributed by atoms with Crippen molar-refractivity contribution in [1.29, 1.82) is 0 Å². The van der Waals surface area contributed by atoms with Gasteiger partial charge in [-0.2, -0.15) is 8.42 Å². The van der Waals surface area contributed by atoms with Crippen molar-refractivity contribution >= 4 is 56.5 Å². The van der Waals surface area contributed by atoms with Crippen molar-refractivity contribution in [3.63, 3.8) is 0 Å². The largest absolute Gasteiger partial charge is 0.508 e. The Morgan fingerprint density at radius 2 is 1.45 bits per heavy atom. The lowest BCUT2D eigenvalue weighted by Crippen LogP contribution is -2.38. The highest BCUT2D eigenvalue weighted by molar-refractivity contribution is 7.87. The minimum Gasteiger partial charge on any atom is -0.508 e. The van der Waals surface area contributed by atoms with Gasteiger partial charge in [-0.3, -0.25) is 4.55 Å². The molecular formula is C19H12Cl4O5S. The molecule has 0 saturated carbocycles. The highest BCUT2D eigenvalue weighted by atomic mass is 35.5. The molecule has 3 aromatic carbocycles. The fourth-order valence-corrected chi connectivity index (χ4v) is 5.40. The van der Waals surface area contributed by atoms with Gasteiger partial charge in [-0.05, 0) is 42.0 Å². The summed E-state index contributed by atoms with van der Waals surface area (Å²) in [6.45, 7) is 0. The lowest BCUT2D eigenvalue weighted by molar-refractivity contribution is 0.439. The second kappa shape index (κ2) is 7.87. The van der Waals surface area contributed by atoms with Gasteiger partial charge in [-0.1, -0.05) is 58.5 Å². The van der Waals surface area contributed by atoms with Gasteiger partial charge in [0.15, 0.2) is 4.75 Å². The average molecular weight is 494 g/mol. The maximum atomic E-state index is 13.0. The van der Waals surface area contributed by atoms with Crippen molar-refractivity contribution in [2.24, 2.45) is 0 Å². The molecule has 29 heavy (non-hydrogen) atoms. The van der Waals surface area contributed by atoms with Gasteiger partial charge in [0, 0.05) is 27.2 Å². The van der Waals surface area contributed by atoms with Crippen LogP contribution in [-0.4, -0.2) is 23.2 Å². The molecule has 0 heterocycles. The van der Waals surface area contributed by atoms with Crippen LogP contribution < -0.4 is 0 Å². The number of phenolic OH excluding ortho intramolecular Hbond substituents is 2. The highest BCUT2D eigenvalue weighted by Crippen LogP contribution is 2.51. The number of halogens is 4. The van der Waals surface area contributed by atoms with Crippen LogP contribution in [0.15, 0.2) is 54.6 Å². The maximum absolute atomic E-state index is 13.0. The topological polar surface area (TPSA) is 94.8 Å². The van der Waals surface area contributed by atoms with Crippen molar-refractivity contribution in [1.82, 2.24) is 0 Å². The van der Waals surface area contributed by atoms with Gasteiger partial charge in [0.2, 0.25) is 0 Å². The molecule has 0 saturated heterocycles. The number of aromatic hydroxyl groups is 2. The summed E-state index contributed by atoms with van der Waals surface area (Å²) in [6, 6.07) is 11.4. The van der Waals surface area contributed by atoms with Crippen molar-refractivity contribution in [2.45, 2.75) is 4.75 Å². The number of phenols is 2. The third kappa shape index (κ3) is 3.77. The van der Waals surface area contributed by atoms with E-state index in [0.29, 0.717) is 0 Å². The zero-order valence-electron chi connectivity index (χ0n) is 14.3. The van der Waals surface area contributed by atoms with Crippen LogP contribution >= 0.6 is 46.4 Å². The van der Waals surface area contributed by atoms with Gasteiger partial charge in [0.05, 0.1) is 10.0 Å². The first kappa shape index (κ1) is 22.0. The van der Waals surface area contributed by atoms with Crippen molar-refractivity contribution < 1.29 is 23.2 Å². The van der Waals surface area contributed by atoms with E-state index in [4.69, 9.17) is 46.4 Å². The fourth-order valence-electron chi connectivity index (χ4n) is 3.21. The van der Waals surface area contributed by atoms with Crippen LogP contribution in [0.1, 0.15) is 16.7 Å². The predicted molar refractivity (Wildman–Crippen MR) is 114 cm³/mol. The molecule has 0 fully saturated rings. The van der Waals surface area contributed by atoms with Gasteiger partial charge in [0.25, 0.3) is 10.1 Å². The van der Waals surface area contributed by atoms with E-state index >= 15 is 0 Å². The summed E-state index contributed by atoms with van der Waals surface area (Å²) >= 11 is 24.5. The van der Waals surface area contributed by atoms with Crippen LogP contribution in [0.3, 0.4) is 0 Å². The SMILES string of the molecule is O=S(=O)(O)C(c1cccc(Cl)c1)(c1cc(Cl)ccc1O)c1cc(O)cc(Cl)c1Cl. The van der Waals surface area contributed by atoms with E-state index in [0.717, 1.165) is 12.1 Å². The Kier molecular flexibility index (Phi) is 5.98. The second-order valence-electron chi connectivity index (χ2n) is 6.12. The molecule has 0 aliphatic rings. The molecule has 152 valence electrons. The summed E-state index contributed by atoms with van der Waals surface area (Å²) in [5.74, 6) is -0.909. The summed E-state index contributed by atoms with van der Waals surface area (Å²) in [6.07, 6.45) is 0. The molecule has 3 aromatic rings. The zero-order chi connectivity index (χ0) is 21.6. The minimum absolute atomic E-state index is 0.0615. The zero-order valence-corrected chi connectivity index (χ0v) is 18.1. The van der Waals surface area contributed by atoms with Crippen molar-refractivity contribution in [2.75, 3.05) is 0 Å². The first-order valence-electron chi connectivity index (χ1n) is 7.89. The minimum atomic E-state index is -5.13. The summed E-state index contributed by atoms with van der Waals surface area (Å²) < 4.78 is 33.9. The van der Waals surface area contributed by atoms with Crippen LogP contribution in [0.5, 0.6) is 11.5 Å². The van der Waals surface area contributed by atoms with E-state index in [1.165, 1.54) is 42.5 Å². The molecule has 3 rings (SSSR count). The third-order valence-electron chi connectivity index (χ3n) is 4.35. The van der Waals surface area contributed by atoms with Crippen molar-refractivity contribution in [3.8, 4) is 11.5 Å². The van der Waals surface area contributed by atoms with Crippen molar-refractivity contribution in [3.05, 3.63) is 91.4 Å². The summed E-state index contributed by atoms with van der Waals surface area (Å²) in [4.78, 5) is 0. The molecule has 0 aliphatic carbocycles. The normalized spacial score (nSPS) is 13.8. The van der Waals surface area contributed by atoms with E-state index < -0.39 is 26.4 Å². The van der Waals surface area contributed by atoms with Crippen LogP contribution in [0, 0.1) is 0 Å². The Balaban J connectivity index is 2.65. The Morgan fingerprint density at radius 3 is 2.07 bits per heavy atom. The van der Waals surface area contributed by atoms with Gasteiger partial charge < -0.3 is 10.2 Å². The third-order valence-corrected chi connectivity index (χ3v) is 7.07. The Hall–Kier alpha value is -1.67. The Bertz CT molecular complexity index is 1210. The smallest absolute Gasteiger partial charge is 0.283 e. The van der Waals surface area contributed by atoms with Crippen LogP contribution in [0.25, 0.3) is 0 Å². The molecule has 0 spiro atoms. The van der Waals surface area contributed by atoms with Gasteiger partial charge >= 0.3 is 0 Å². The molecule has 1 atom stereocenters. The maximum Gasteiger partial charge on any atom is 0.283 e. The number of hydrogen-bond donors (Lipinski definition) is 3. The van der Waals surface area contributed by atoms with Gasteiger partial charge in [-0.25, -0.2) is 0 Å². The van der Waals surface area contributed by atoms with Gasteiger partial charge in [0.1, 0.15) is 11.5 Å². The predicted octanol–water partition coefficient (Wildman–Crippen LogP) is 5.89. The Labute approximate surface area is 186 Å². The number of rotatable bonds is 4. The quantitative estimate of drug-likeness (QED) is 0.311.